The Morgan fingerprint density at radius 3 is 2.89 bits per heavy atom. The molecule has 0 amide bonds. The molecule has 1 aromatic rings. The lowest BCUT2D eigenvalue weighted by Crippen LogP contribution is -2.37. The molecule has 0 saturated carbocycles. The largest absolute Gasteiger partial charge is 0.379 e. The Morgan fingerprint density at radius 1 is 1.37 bits per heavy atom. The Labute approximate surface area is 122 Å². The van der Waals surface area contributed by atoms with Crippen molar-refractivity contribution in [2.75, 3.05) is 44.7 Å². The zero-order valence-corrected chi connectivity index (χ0v) is 12.9. The summed E-state index contributed by atoms with van der Waals surface area (Å²) in [6, 6.07) is 1.92. The van der Waals surface area contributed by atoms with E-state index in [0.29, 0.717) is 0 Å². The average molecular weight is 329 g/mol. The normalized spacial score (nSPS) is 16.5. The zero-order valence-electron chi connectivity index (χ0n) is 11.4. The number of halogens is 1. The molecule has 6 heteroatoms. The van der Waals surface area contributed by atoms with Crippen LogP contribution in [-0.4, -0.2) is 54.3 Å². The Hall–Kier alpha value is -0.720. The second kappa shape index (κ2) is 7.77. The third-order valence-corrected chi connectivity index (χ3v) is 3.52. The molecule has 1 saturated heterocycles. The molecule has 0 bridgehead atoms. The quantitative estimate of drug-likeness (QED) is 0.638. The van der Waals surface area contributed by atoms with Gasteiger partial charge in [0.2, 0.25) is 0 Å². The highest BCUT2D eigenvalue weighted by molar-refractivity contribution is 9.10. The average Bonchev–Trinajstić information content (AvgIpc) is 2.44. The standard InChI is InChI=1S/C13H21BrN4O/c1-2-12-16-11(14)10-13(17-12)15-4-3-5-18-6-8-19-9-7-18/h10H,2-9H2,1H3,(H,15,16,17). The third kappa shape index (κ3) is 5.04. The van der Waals surface area contributed by atoms with Gasteiger partial charge in [0.25, 0.3) is 0 Å². The van der Waals surface area contributed by atoms with E-state index in [-0.39, 0.29) is 0 Å². The topological polar surface area (TPSA) is 50.3 Å². The van der Waals surface area contributed by atoms with Crippen molar-refractivity contribution in [2.45, 2.75) is 19.8 Å². The first-order chi connectivity index (χ1) is 9.28. The summed E-state index contributed by atoms with van der Waals surface area (Å²) in [5.41, 5.74) is 0. The molecule has 106 valence electrons. The molecule has 5 nitrogen and oxygen atoms in total. The number of anilines is 1. The fourth-order valence-corrected chi connectivity index (χ4v) is 2.48. The molecule has 0 unspecified atom stereocenters. The highest BCUT2D eigenvalue weighted by atomic mass is 79.9. The van der Waals surface area contributed by atoms with Crippen molar-refractivity contribution in [2.24, 2.45) is 0 Å². The van der Waals surface area contributed by atoms with Gasteiger partial charge >= 0.3 is 0 Å². The van der Waals surface area contributed by atoms with E-state index in [1.54, 1.807) is 0 Å². The summed E-state index contributed by atoms with van der Waals surface area (Å²) in [7, 11) is 0. The van der Waals surface area contributed by atoms with Crippen LogP contribution in [0.25, 0.3) is 0 Å². The molecule has 1 aromatic heterocycles. The maximum Gasteiger partial charge on any atom is 0.131 e. The van der Waals surface area contributed by atoms with E-state index in [4.69, 9.17) is 4.74 Å². The molecule has 19 heavy (non-hydrogen) atoms. The highest BCUT2D eigenvalue weighted by Gasteiger charge is 2.09. The van der Waals surface area contributed by atoms with Crippen molar-refractivity contribution < 1.29 is 4.74 Å². The maximum absolute atomic E-state index is 5.33. The van der Waals surface area contributed by atoms with Crippen molar-refractivity contribution in [3.8, 4) is 0 Å². The second-order valence-electron chi connectivity index (χ2n) is 4.58. The van der Waals surface area contributed by atoms with Gasteiger partial charge in [-0.1, -0.05) is 6.92 Å². The summed E-state index contributed by atoms with van der Waals surface area (Å²) in [5, 5.41) is 3.36. The van der Waals surface area contributed by atoms with Crippen molar-refractivity contribution in [1.82, 2.24) is 14.9 Å². The van der Waals surface area contributed by atoms with E-state index >= 15 is 0 Å². The third-order valence-electron chi connectivity index (χ3n) is 3.12. The lowest BCUT2D eigenvalue weighted by molar-refractivity contribution is 0.0378. The molecule has 1 fully saturated rings. The van der Waals surface area contributed by atoms with E-state index in [1.807, 2.05) is 6.07 Å². The van der Waals surface area contributed by atoms with E-state index in [0.717, 1.165) is 68.5 Å². The lowest BCUT2D eigenvalue weighted by Gasteiger charge is -2.26. The maximum atomic E-state index is 5.33. The fourth-order valence-electron chi connectivity index (χ4n) is 2.06. The van der Waals surface area contributed by atoms with Gasteiger partial charge in [0.1, 0.15) is 16.2 Å². The minimum atomic E-state index is 0.843. The van der Waals surface area contributed by atoms with Crippen molar-refractivity contribution in [3.05, 3.63) is 16.5 Å². The van der Waals surface area contributed by atoms with E-state index < -0.39 is 0 Å². The van der Waals surface area contributed by atoms with Gasteiger partial charge in [-0.3, -0.25) is 4.90 Å². The highest BCUT2D eigenvalue weighted by Crippen LogP contribution is 2.12. The van der Waals surface area contributed by atoms with Gasteiger partial charge in [-0.2, -0.15) is 0 Å². The lowest BCUT2D eigenvalue weighted by atomic mass is 10.3. The molecule has 1 aliphatic rings. The predicted molar refractivity (Wildman–Crippen MR) is 79.5 cm³/mol. The first kappa shape index (κ1) is 14.7. The van der Waals surface area contributed by atoms with Crippen LogP contribution < -0.4 is 5.32 Å². The number of morpholine rings is 1. The first-order valence-electron chi connectivity index (χ1n) is 6.85. The number of nitrogens with one attached hydrogen (secondary N) is 1. The summed E-state index contributed by atoms with van der Waals surface area (Å²) in [5.74, 6) is 1.77. The van der Waals surface area contributed by atoms with Gasteiger partial charge in [-0.15, -0.1) is 0 Å². The Bertz CT molecular complexity index is 396. The van der Waals surface area contributed by atoms with Crippen LogP contribution in [0.2, 0.25) is 0 Å². The molecular weight excluding hydrogens is 308 g/mol. The number of rotatable bonds is 6. The van der Waals surface area contributed by atoms with Crippen LogP contribution in [-0.2, 0) is 11.2 Å². The van der Waals surface area contributed by atoms with Gasteiger partial charge in [-0.25, -0.2) is 9.97 Å². The molecule has 0 radical (unpaired) electrons. The van der Waals surface area contributed by atoms with Gasteiger partial charge in [0.05, 0.1) is 13.2 Å². The number of ether oxygens (including phenoxy) is 1. The number of aromatic nitrogens is 2. The minimum absolute atomic E-state index is 0.843. The molecule has 0 atom stereocenters. The van der Waals surface area contributed by atoms with Crippen LogP contribution in [0.1, 0.15) is 19.2 Å². The van der Waals surface area contributed by atoms with Crippen LogP contribution in [0.15, 0.2) is 10.7 Å². The van der Waals surface area contributed by atoms with Crippen LogP contribution >= 0.6 is 15.9 Å². The molecular formula is C13H21BrN4O. The van der Waals surface area contributed by atoms with Crippen LogP contribution in [0.5, 0.6) is 0 Å². The number of aryl methyl sites for hydroxylation is 1. The number of hydrogen-bond donors (Lipinski definition) is 1. The minimum Gasteiger partial charge on any atom is -0.379 e. The number of hydrogen-bond acceptors (Lipinski definition) is 5. The van der Waals surface area contributed by atoms with Crippen molar-refractivity contribution >= 4 is 21.7 Å². The van der Waals surface area contributed by atoms with Gasteiger partial charge in [0, 0.05) is 32.1 Å². The van der Waals surface area contributed by atoms with E-state index in [2.05, 4.69) is 43.0 Å². The SMILES string of the molecule is CCc1nc(Br)cc(NCCCN2CCOCC2)n1. The summed E-state index contributed by atoms with van der Waals surface area (Å²) >= 11 is 3.41. The Kier molecular flexibility index (Phi) is 6.00. The Balaban J connectivity index is 1.71. The summed E-state index contributed by atoms with van der Waals surface area (Å²) in [4.78, 5) is 11.2. The monoisotopic (exact) mass is 328 g/mol. The molecule has 2 rings (SSSR count). The van der Waals surface area contributed by atoms with Gasteiger partial charge in [-0.05, 0) is 28.9 Å². The van der Waals surface area contributed by atoms with Crippen molar-refractivity contribution in [3.63, 3.8) is 0 Å². The molecule has 2 heterocycles. The van der Waals surface area contributed by atoms with Gasteiger partial charge in [0.15, 0.2) is 0 Å². The van der Waals surface area contributed by atoms with E-state index in [9.17, 15) is 0 Å². The molecule has 0 spiro atoms. The summed E-state index contributed by atoms with van der Waals surface area (Å²) < 4.78 is 6.18. The second-order valence-corrected chi connectivity index (χ2v) is 5.39. The first-order valence-corrected chi connectivity index (χ1v) is 7.64. The predicted octanol–water partition coefficient (Wildman–Crippen LogP) is 1.94. The smallest absolute Gasteiger partial charge is 0.131 e. The molecule has 0 aliphatic carbocycles. The van der Waals surface area contributed by atoms with Crippen LogP contribution in [0.3, 0.4) is 0 Å². The van der Waals surface area contributed by atoms with E-state index in [1.165, 1.54) is 0 Å². The molecule has 0 aromatic carbocycles. The molecule has 1 aliphatic heterocycles. The molecule has 1 N–H and O–H groups in total. The van der Waals surface area contributed by atoms with Crippen LogP contribution in [0, 0.1) is 0 Å². The zero-order chi connectivity index (χ0) is 13.5. The van der Waals surface area contributed by atoms with Crippen LogP contribution in [0.4, 0.5) is 5.82 Å². The summed E-state index contributed by atoms with van der Waals surface area (Å²) in [6.45, 7) is 7.95. The van der Waals surface area contributed by atoms with Crippen molar-refractivity contribution in [1.29, 1.82) is 0 Å². The van der Waals surface area contributed by atoms with Gasteiger partial charge < -0.3 is 10.1 Å². The number of nitrogens with zero attached hydrogens (tertiary/aromatic N) is 3. The Morgan fingerprint density at radius 2 is 2.16 bits per heavy atom. The fraction of sp³-hybridized carbons (Fsp3) is 0.692. The summed E-state index contributed by atoms with van der Waals surface area (Å²) in [6.07, 6.45) is 1.96.